The van der Waals surface area contributed by atoms with E-state index in [0.29, 0.717) is 23.0 Å². The van der Waals surface area contributed by atoms with Gasteiger partial charge in [-0.2, -0.15) is 0 Å². The Kier molecular flexibility index (Phi) is 5.74. The fourth-order valence-electron chi connectivity index (χ4n) is 1.44. The van der Waals surface area contributed by atoms with E-state index in [1.807, 2.05) is 6.92 Å². The van der Waals surface area contributed by atoms with Crippen molar-refractivity contribution in [1.82, 2.24) is 4.90 Å². The van der Waals surface area contributed by atoms with Crippen LogP contribution in [-0.2, 0) is 0 Å². The zero-order valence-corrected chi connectivity index (χ0v) is 11.2. The van der Waals surface area contributed by atoms with Gasteiger partial charge in [0.05, 0.1) is 24.4 Å². The average Bonchev–Trinajstić information content (AvgIpc) is 2.38. The van der Waals surface area contributed by atoms with Crippen LogP contribution in [0.2, 0.25) is 5.02 Å². The summed E-state index contributed by atoms with van der Waals surface area (Å²) in [6.45, 7) is 2.57. The lowest BCUT2D eigenvalue weighted by atomic mass is 10.3. The van der Waals surface area contributed by atoms with E-state index in [-0.39, 0.29) is 19.2 Å². The summed E-state index contributed by atoms with van der Waals surface area (Å²) >= 11 is 6.01. The highest BCUT2D eigenvalue weighted by Crippen LogP contribution is 2.26. The monoisotopic (exact) mass is 272 g/mol. The molecule has 0 aromatic heterocycles. The first-order valence-corrected chi connectivity index (χ1v) is 6.00. The second kappa shape index (κ2) is 7.08. The van der Waals surface area contributed by atoms with Crippen molar-refractivity contribution in [2.45, 2.75) is 6.92 Å². The maximum absolute atomic E-state index is 11.9. The molecule has 0 aliphatic carbocycles. The lowest BCUT2D eigenvalue weighted by Gasteiger charge is -2.20. The normalized spacial score (nSPS) is 10.0. The van der Waals surface area contributed by atoms with Gasteiger partial charge < -0.3 is 20.1 Å². The first kappa shape index (κ1) is 14.6. The number of nitrogens with one attached hydrogen (secondary N) is 1. The van der Waals surface area contributed by atoms with Crippen molar-refractivity contribution < 1.29 is 14.6 Å². The molecule has 0 saturated carbocycles. The number of anilines is 1. The van der Waals surface area contributed by atoms with E-state index in [1.165, 1.54) is 4.90 Å². The average molecular weight is 273 g/mol. The summed E-state index contributed by atoms with van der Waals surface area (Å²) in [4.78, 5) is 13.3. The molecule has 18 heavy (non-hydrogen) atoms. The number of halogens is 1. The summed E-state index contributed by atoms with van der Waals surface area (Å²) < 4.78 is 5.02. The van der Waals surface area contributed by atoms with Gasteiger partial charge in [-0.3, -0.25) is 0 Å². The summed E-state index contributed by atoms with van der Waals surface area (Å²) in [5, 5.41) is 11.9. The third-order valence-electron chi connectivity index (χ3n) is 2.46. The van der Waals surface area contributed by atoms with E-state index in [0.717, 1.165) is 0 Å². The second-order valence-corrected chi connectivity index (χ2v) is 3.99. The van der Waals surface area contributed by atoms with Gasteiger partial charge in [-0.25, -0.2) is 4.79 Å². The molecule has 0 saturated heterocycles. The molecule has 100 valence electrons. The van der Waals surface area contributed by atoms with Gasteiger partial charge in [-0.05, 0) is 19.1 Å². The van der Waals surface area contributed by atoms with Crippen molar-refractivity contribution in [2.24, 2.45) is 0 Å². The molecule has 0 atom stereocenters. The molecule has 2 N–H and O–H groups in total. The number of ether oxygens (including phenoxy) is 1. The van der Waals surface area contributed by atoms with E-state index in [4.69, 9.17) is 21.4 Å². The number of aliphatic hydroxyl groups is 1. The SMILES string of the molecule is CCN(CCO)C(=O)Nc1ccc(OC)cc1Cl. The zero-order chi connectivity index (χ0) is 13.5. The summed E-state index contributed by atoms with van der Waals surface area (Å²) in [5.74, 6) is 0.626. The molecule has 2 amide bonds. The lowest BCUT2D eigenvalue weighted by molar-refractivity contribution is 0.192. The van der Waals surface area contributed by atoms with Crippen molar-refractivity contribution in [3.8, 4) is 5.75 Å². The van der Waals surface area contributed by atoms with E-state index < -0.39 is 0 Å². The second-order valence-electron chi connectivity index (χ2n) is 3.58. The number of urea groups is 1. The molecule has 0 unspecified atom stereocenters. The van der Waals surface area contributed by atoms with Gasteiger partial charge in [0.15, 0.2) is 0 Å². The van der Waals surface area contributed by atoms with Crippen LogP contribution >= 0.6 is 11.6 Å². The third-order valence-corrected chi connectivity index (χ3v) is 2.77. The first-order valence-electron chi connectivity index (χ1n) is 5.62. The molecule has 5 nitrogen and oxygen atoms in total. The number of amides is 2. The number of methoxy groups -OCH3 is 1. The van der Waals surface area contributed by atoms with E-state index >= 15 is 0 Å². The first-order chi connectivity index (χ1) is 8.62. The molecule has 0 aliphatic rings. The fourth-order valence-corrected chi connectivity index (χ4v) is 1.66. The molecule has 1 rings (SSSR count). The highest BCUT2D eigenvalue weighted by atomic mass is 35.5. The smallest absolute Gasteiger partial charge is 0.321 e. The number of aliphatic hydroxyl groups excluding tert-OH is 1. The highest BCUT2D eigenvalue weighted by Gasteiger charge is 2.12. The van der Waals surface area contributed by atoms with Crippen LogP contribution in [0.25, 0.3) is 0 Å². The maximum atomic E-state index is 11.9. The number of likely N-dealkylation sites (N-methyl/N-ethyl adjacent to an activating group) is 1. The van der Waals surface area contributed by atoms with Crippen LogP contribution < -0.4 is 10.1 Å². The number of carbonyl (C=O) groups excluding carboxylic acids is 1. The number of rotatable bonds is 5. The molecule has 0 bridgehead atoms. The van der Waals surface area contributed by atoms with Crippen molar-refractivity contribution in [3.63, 3.8) is 0 Å². The third kappa shape index (κ3) is 3.78. The Morgan fingerprint density at radius 2 is 2.28 bits per heavy atom. The van der Waals surface area contributed by atoms with Gasteiger partial charge >= 0.3 is 6.03 Å². The van der Waals surface area contributed by atoms with Crippen LogP contribution in [0.1, 0.15) is 6.92 Å². The molecule has 0 spiro atoms. The van der Waals surface area contributed by atoms with E-state index in [1.54, 1.807) is 25.3 Å². The van der Waals surface area contributed by atoms with Crippen LogP contribution in [0.15, 0.2) is 18.2 Å². The number of carbonyl (C=O) groups is 1. The van der Waals surface area contributed by atoms with Crippen LogP contribution in [0.4, 0.5) is 10.5 Å². The van der Waals surface area contributed by atoms with Crippen molar-refractivity contribution in [1.29, 1.82) is 0 Å². The van der Waals surface area contributed by atoms with Gasteiger partial charge in [-0.15, -0.1) is 0 Å². The standard InChI is InChI=1S/C12H17ClN2O3/c1-3-15(6-7-16)12(17)14-11-5-4-9(18-2)8-10(11)13/h4-5,8,16H,3,6-7H2,1-2H3,(H,14,17). The summed E-state index contributed by atoms with van der Waals surface area (Å²) in [5.41, 5.74) is 0.513. The topological polar surface area (TPSA) is 61.8 Å². The zero-order valence-electron chi connectivity index (χ0n) is 10.4. The molecule has 6 heteroatoms. The van der Waals surface area contributed by atoms with Crippen LogP contribution in [0, 0.1) is 0 Å². The minimum atomic E-state index is -0.293. The fraction of sp³-hybridized carbons (Fsp3) is 0.417. The van der Waals surface area contributed by atoms with Crippen LogP contribution in [0.5, 0.6) is 5.75 Å². The van der Waals surface area contributed by atoms with E-state index in [9.17, 15) is 4.79 Å². The highest BCUT2D eigenvalue weighted by molar-refractivity contribution is 6.33. The van der Waals surface area contributed by atoms with Crippen molar-refractivity contribution in [2.75, 3.05) is 32.1 Å². The Bertz CT molecular complexity index is 412. The lowest BCUT2D eigenvalue weighted by Crippen LogP contribution is -2.36. The quantitative estimate of drug-likeness (QED) is 0.864. The Hall–Kier alpha value is -1.46. The predicted octanol–water partition coefficient (Wildman–Crippen LogP) is 2.19. The Labute approximate surface area is 111 Å². The number of hydrogen-bond donors (Lipinski definition) is 2. The van der Waals surface area contributed by atoms with E-state index in [2.05, 4.69) is 5.32 Å². The van der Waals surface area contributed by atoms with Crippen molar-refractivity contribution in [3.05, 3.63) is 23.2 Å². The Balaban J connectivity index is 2.74. The molecule has 0 aliphatic heterocycles. The van der Waals surface area contributed by atoms with Gasteiger partial charge in [0, 0.05) is 19.2 Å². The minimum Gasteiger partial charge on any atom is -0.497 e. The van der Waals surface area contributed by atoms with Gasteiger partial charge in [0.25, 0.3) is 0 Å². The molecule has 0 fully saturated rings. The number of nitrogens with zero attached hydrogens (tertiary/aromatic N) is 1. The minimum absolute atomic E-state index is 0.0718. The van der Waals surface area contributed by atoms with Crippen LogP contribution in [0.3, 0.4) is 0 Å². The van der Waals surface area contributed by atoms with Crippen LogP contribution in [-0.4, -0.2) is 42.8 Å². The van der Waals surface area contributed by atoms with Gasteiger partial charge in [0.2, 0.25) is 0 Å². The largest absolute Gasteiger partial charge is 0.497 e. The molecule has 0 heterocycles. The van der Waals surface area contributed by atoms with Gasteiger partial charge in [-0.1, -0.05) is 11.6 Å². The van der Waals surface area contributed by atoms with Crippen molar-refractivity contribution >= 4 is 23.3 Å². The maximum Gasteiger partial charge on any atom is 0.321 e. The number of hydrogen-bond acceptors (Lipinski definition) is 3. The molecular weight excluding hydrogens is 256 g/mol. The Morgan fingerprint density at radius 3 is 2.78 bits per heavy atom. The predicted molar refractivity (Wildman–Crippen MR) is 71.4 cm³/mol. The summed E-state index contributed by atoms with van der Waals surface area (Å²) in [6, 6.07) is 4.72. The molecule has 1 aromatic rings. The summed E-state index contributed by atoms with van der Waals surface area (Å²) in [7, 11) is 1.55. The van der Waals surface area contributed by atoms with Gasteiger partial charge in [0.1, 0.15) is 5.75 Å². The summed E-state index contributed by atoms with van der Waals surface area (Å²) in [6.07, 6.45) is 0. The molecular formula is C12H17ClN2O3. The molecule has 1 aromatic carbocycles. The molecule has 0 radical (unpaired) electrons. The Morgan fingerprint density at radius 1 is 1.56 bits per heavy atom. The number of benzene rings is 1.